The first kappa shape index (κ1) is 21.5. The number of nitrogens with one attached hydrogen (secondary N) is 1. The van der Waals surface area contributed by atoms with Crippen LogP contribution in [0.5, 0.6) is 5.75 Å². The molecule has 0 unspecified atom stereocenters. The maximum Gasteiger partial charge on any atom is 0.277 e. The number of fused-ring (bicyclic) bond motifs is 2. The number of ether oxygens (including phenoxy) is 1. The highest BCUT2D eigenvalue weighted by molar-refractivity contribution is 6.01. The number of hydrogen-bond acceptors (Lipinski definition) is 3. The number of hydrogen-bond donors (Lipinski definition) is 1. The van der Waals surface area contributed by atoms with Crippen LogP contribution in [0.3, 0.4) is 0 Å². The second-order valence-corrected chi connectivity index (χ2v) is 8.18. The van der Waals surface area contributed by atoms with E-state index in [-0.39, 0.29) is 12.5 Å². The summed E-state index contributed by atoms with van der Waals surface area (Å²) in [6.07, 6.45) is 1.72. The highest BCUT2D eigenvalue weighted by atomic mass is 16.5. The molecule has 0 aliphatic carbocycles. The molecule has 5 nitrogen and oxygen atoms in total. The molecular weight excluding hydrogens is 422 g/mol. The fourth-order valence-corrected chi connectivity index (χ4v) is 4.20. The van der Waals surface area contributed by atoms with Crippen molar-refractivity contribution in [3.8, 4) is 5.75 Å². The van der Waals surface area contributed by atoms with Crippen molar-refractivity contribution in [3.63, 3.8) is 0 Å². The zero-order valence-corrected chi connectivity index (χ0v) is 18.9. The predicted octanol–water partition coefficient (Wildman–Crippen LogP) is 5.68. The van der Waals surface area contributed by atoms with E-state index in [4.69, 9.17) is 4.74 Å². The van der Waals surface area contributed by atoms with Crippen LogP contribution in [0.4, 0.5) is 0 Å². The van der Waals surface area contributed by atoms with Gasteiger partial charge < -0.3 is 9.30 Å². The monoisotopic (exact) mass is 447 g/mol. The van der Waals surface area contributed by atoms with Gasteiger partial charge in [0.05, 0.1) is 6.21 Å². The molecule has 0 aliphatic heterocycles. The molecule has 1 heterocycles. The van der Waals surface area contributed by atoms with E-state index in [0.717, 1.165) is 39.5 Å². The van der Waals surface area contributed by atoms with Crippen molar-refractivity contribution in [2.75, 3.05) is 6.61 Å². The van der Waals surface area contributed by atoms with Gasteiger partial charge >= 0.3 is 0 Å². The van der Waals surface area contributed by atoms with Crippen LogP contribution in [0.2, 0.25) is 0 Å². The molecule has 0 fully saturated rings. The molecule has 5 rings (SSSR count). The molecular formula is C29H25N3O2. The van der Waals surface area contributed by atoms with Gasteiger partial charge in [-0.25, -0.2) is 5.43 Å². The number of amides is 1. The summed E-state index contributed by atoms with van der Waals surface area (Å²) in [6.45, 7) is 2.74. The van der Waals surface area contributed by atoms with Crippen LogP contribution in [-0.4, -0.2) is 23.3 Å². The van der Waals surface area contributed by atoms with E-state index in [0.29, 0.717) is 5.75 Å². The maximum absolute atomic E-state index is 12.3. The second kappa shape index (κ2) is 9.63. The fourth-order valence-electron chi connectivity index (χ4n) is 4.20. The number of nitrogens with zero attached hydrogens (tertiary/aromatic N) is 2. The third-order valence-electron chi connectivity index (χ3n) is 5.94. The summed E-state index contributed by atoms with van der Waals surface area (Å²) in [5.74, 6) is 0.341. The van der Waals surface area contributed by atoms with Gasteiger partial charge in [-0.2, -0.15) is 5.10 Å². The second-order valence-electron chi connectivity index (χ2n) is 8.18. The first-order valence-corrected chi connectivity index (χ1v) is 11.2. The summed E-state index contributed by atoms with van der Waals surface area (Å²) in [6, 6.07) is 32.4. The maximum atomic E-state index is 12.3. The van der Waals surface area contributed by atoms with Crippen LogP contribution in [0.25, 0.3) is 21.7 Å². The molecule has 0 spiro atoms. The summed E-state index contributed by atoms with van der Waals surface area (Å²) >= 11 is 0. The number of para-hydroxylation sites is 1. The lowest BCUT2D eigenvalue weighted by Gasteiger charge is -2.08. The van der Waals surface area contributed by atoms with Crippen molar-refractivity contribution in [1.29, 1.82) is 0 Å². The topological polar surface area (TPSA) is 55.6 Å². The summed E-state index contributed by atoms with van der Waals surface area (Å²) in [4.78, 5) is 12.3. The van der Waals surface area contributed by atoms with Crippen LogP contribution in [-0.2, 0) is 11.3 Å². The highest BCUT2D eigenvalue weighted by Gasteiger charge is 2.13. The number of aromatic nitrogens is 1. The number of carbonyl (C=O) groups excluding carboxylic acids is 1. The highest BCUT2D eigenvalue weighted by Crippen LogP contribution is 2.25. The molecule has 0 saturated carbocycles. The van der Waals surface area contributed by atoms with Crippen molar-refractivity contribution < 1.29 is 9.53 Å². The van der Waals surface area contributed by atoms with Gasteiger partial charge in [-0.05, 0) is 41.5 Å². The molecule has 0 saturated heterocycles. The van der Waals surface area contributed by atoms with Gasteiger partial charge in [-0.3, -0.25) is 4.79 Å². The molecule has 5 heteroatoms. The fraction of sp³-hybridized carbons (Fsp3) is 0.103. The van der Waals surface area contributed by atoms with Crippen LogP contribution in [0, 0.1) is 6.92 Å². The Kier molecular flexibility index (Phi) is 6.08. The minimum absolute atomic E-state index is 0.107. The Labute approximate surface area is 198 Å². The van der Waals surface area contributed by atoms with Crippen LogP contribution >= 0.6 is 0 Å². The van der Waals surface area contributed by atoms with Crippen molar-refractivity contribution in [2.24, 2.45) is 5.10 Å². The lowest BCUT2D eigenvalue weighted by molar-refractivity contribution is -0.123. The Morgan fingerprint density at radius 2 is 1.65 bits per heavy atom. The van der Waals surface area contributed by atoms with Gasteiger partial charge in [-0.1, -0.05) is 78.9 Å². The largest absolute Gasteiger partial charge is 0.484 e. The Hall–Kier alpha value is -4.38. The summed E-state index contributed by atoms with van der Waals surface area (Å²) in [7, 11) is 0. The molecule has 4 aromatic carbocycles. The molecule has 0 atom stereocenters. The molecule has 168 valence electrons. The van der Waals surface area contributed by atoms with Crippen molar-refractivity contribution in [2.45, 2.75) is 13.5 Å². The van der Waals surface area contributed by atoms with E-state index in [2.05, 4.69) is 46.3 Å². The predicted molar refractivity (Wildman–Crippen MR) is 137 cm³/mol. The lowest BCUT2D eigenvalue weighted by atomic mass is 10.1. The van der Waals surface area contributed by atoms with Crippen molar-refractivity contribution >= 4 is 33.8 Å². The zero-order chi connectivity index (χ0) is 23.3. The van der Waals surface area contributed by atoms with Gasteiger partial charge in [0.1, 0.15) is 5.75 Å². The smallest absolute Gasteiger partial charge is 0.277 e. The number of benzene rings is 4. The third-order valence-corrected chi connectivity index (χ3v) is 5.94. The van der Waals surface area contributed by atoms with E-state index < -0.39 is 0 Å². The Balaban J connectivity index is 1.28. The van der Waals surface area contributed by atoms with Gasteiger partial charge in [0, 0.05) is 28.7 Å². The average molecular weight is 448 g/mol. The number of rotatable bonds is 7. The van der Waals surface area contributed by atoms with Crippen molar-refractivity contribution in [3.05, 3.63) is 114 Å². The molecule has 1 amide bonds. The molecule has 1 aromatic heterocycles. The number of carbonyl (C=O) groups is 1. The molecule has 0 radical (unpaired) electrons. The van der Waals surface area contributed by atoms with Gasteiger partial charge in [0.25, 0.3) is 5.91 Å². The minimum atomic E-state index is -0.310. The summed E-state index contributed by atoms with van der Waals surface area (Å²) < 4.78 is 7.93. The van der Waals surface area contributed by atoms with Gasteiger partial charge in [0.15, 0.2) is 6.61 Å². The zero-order valence-electron chi connectivity index (χ0n) is 18.9. The summed E-state index contributed by atoms with van der Waals surface area (Å²) in [5, 5.41) is 7.52. The first-order chi connectivity index (χ1) is 16.7. The molecule has 34 heavy (non-hydrogen) atoms. The van der Waals surface area contributed by atoms with Crippen LogP contribution in [0.15, 0.2) is 102 Å². The lowest BCUT2D eigenvalue weighted by Crippen LogP contribution is -2.24. The van der Waals surface area contributed by atoms with E-state index in [1.807, 2.05) is 72.8 Å². The van der Waals surface area contributed by atoms with E-state index in [1.54, 1.807) is 6.21 Å². The third kappa shape index (κ3) is 4.55. The minimum Gasteiger partial charge on any atom is -0.484 e. The Morgan fingerprint density at radius 3 is 2.50 bits per heavy atom. The van der Waals surface area contributed by atoms with E-state index in [9.17, 15) is 4.79 Å². The molecule has 0 aliphatic rings. The van der Waals surface area contributed by atoms with Crippen molar-refractivity contribution in [1.82, 2.24) is 9.99 Å². The first-order valence-electron chi connectivity index (χ1n) is 11.2. The molecule has 5 aromatic rings. The van der Waals surface area contributed by atoms with Gasteiger partial charge in [-0.15, -0.1) is 0 Å². The Morgan fingerprint density at radius 1 is 0.912 bits per heavy atom. The van der Waals surface area contributed by atoms with Gasteiger partial charge in [0.2, 0.25) is 0 Å². The molecule has 0 bridgehead atoms. The average Bonchev–Trinajstić information content (AvgIpc) is 3.14. The van der Waals surface area contributed by atoms with E-state index >= 15 is 0 Å². The quantitative estimate of drug-likeness (QED) is 0.258. The Bertz CT molecular complexity index is 1490. The van der Waals surface area contributed by atoms with Crippen LogP contribution < -0.4 is 10.2 Å². The summed E-state index contributed by atoms with van der Waals surface area (Å²) in [5.41, 5.74) is 7.03. The number of hydrazone groups is 1. The van der Waals surface area contributed by atoms with Crippen LogP contribution in [0.1, 0.15) is 16.8 Å². The molecule has 1 N–H and O–H groups in total. The SMILES string of the molecule is Cc1c(C=NNC(=O)COc2ccc3ccccc3c2)c2ccccc2n1Cc1ccccc1. The normalized spacial score (nSPS) is 11.3. The standard InChI is InChI=1S/C29H25N3O2/c1-21-27(26-13-7-8-14-28(26)32(21)19-22-9-3-2-4-10-22)18-30-31-29(33)20-34-25-16-15-23-11-5-6-12-24(23)17-25/h2-18H,19-20H2,1H3,(H,31,33). The van der Waals surface area contributed by atoms with E-state index in [1.165, 1.54) is 5.56 Å².